The number of nitrogens with zero attached hydrogens (tertiary/aromatic N) is 2. The first-order chi connectivity index (χ1) is 8.75. The van der Waals surface area contributed by atoms with Crippen LogP contribution in [0.3, 0.4) is 0 Å². The zero-order chi connectivity index (χ0) is 12.5. The van der Waals surface area contributed by atoms with Gasteiger partial charge in [-0.1, -0.05) is 6.07 Å². The van der Waals surface area contributed by atoms with Crippen molar-refractivity contribution < 1.29 is 8.78 Å². The molecule has 0 amide bonds. The monoisotopic (exact) mass is 248 g/mol. The van der Waals surface area contributed by atoms with E-state index in [4.69, 9.17) is 0 Å². The summed E-state index contributed by atoms with van der Waals surface area (Å²) in [6.45, 7) is 0.223. The third kappa shape index (κ3) is 1.92. The van der Waals surface area contributed by atoms with E-state index in [1.807, 2.05) is 4.57 Å². The predicted molar refractivity (Wildman–Crippen MR) is 64.3 cm³/mol. The van der Waals surface area contributed by atoms with Crippen molar-refractivity contribution in [2.45, 2.75) is 32.2 Å². The van der Waals surface area contributed by atoms with Crippen LogP contribution in [0.25, 0.3) is 0 Å². The van der Waals surface area contributed by atoms with Crippen LogP contribution < -0.4 is 0 Å². The zero-order valence-electron chi connectivity index (χ0n) is 10.00. The van der Waals surface area contributed by atoms with Crippen LogP contribution in [0.5, 0.6) is 0 Å². The Balaban J connectivity index is 1.95. The van der Waals surface area contributed by atoms with Crippen LogP contribution in [-0.4, -0.2) is 9.55 Å². The molecule has 4 heteroatoms. The van der Waals surface area contributed by atoms with Crippen LogP contribution in [0.1, 0.15) is 29.8 Å². The first-order valence-corrected chi connectivity index (χ1v) is 6.21. The first kappa shape index (κ1) is 11.4. The van der Waals surface area contributed by atoms with Gasteiger partial charge < -0.3 is 4.57 Å². The number of aryl methyl sites for hydroxylation is 1. The summed E-state index contributed by atoms with van der Waals surface area (Å²) in [5, 5.41) is 0. The Morgan fingerprint density at radius 2 is 1.83 bits per heavy atom. The van der Waals surface area contributed by atoms with Crippen molar-refractivity contribution >= 4 is 0 Å². The summed E-state index contributed by atoms with van der Waals surface area (Å²) in [6, 6.07) is 3.97. The summed E-state index contributed by atoms with van der Waals surface area (Å²) in [7, 11) is 0. The minimum atomic E-state index is -0.492. The average Bonchev–Trinajstić information content (AvgIpc) is 2.77. The van der Waals surface area contributed by atoms with E-state index < -0.39 is 11.6 Å². The van der Waals surface area contributed by atoms with Gasteiger partial charge in [-0.25, -0.2) is 13.8 Å². The zero-order valence-corrected chi connectivity index (χ0v) is 10.00. The van der Waals surface area contributed by atoms with Crippen LogP contribution >= 0.6 is 0 Å². The Kier molecular flexibility index (Phi) is 2.86. The molecule has 18 heavy (non-hydrogen) atoms. The van der Waals surface area contributed by atoms with Crippen molar-refractivity contribution in [3.63, 3.8) is 0 Å². The fraction of sp³-hybridized carbons (Fsp3) is 0.357. The highest BCUT2D eigenvalue weighted by Crippen LogP contribution is 2.22. The fourth-order valence-corrected chi connectivity index (χ4v) is 2.52. The van der Waals surface area contributed by atoms with Crippen LogP contribution in [0.15, 0.2) is 24.5 Å². The highest BCUT2D eigenvalue weighted by molar-refractivity contribution is 5.23. The topological polar surface area (TPSA) is 17.8 Å². The lowest BCUT2D eigenvalue weighted by molar-refractivity contribution is 0.537. The number of fused-ring (bicyclic) bond motifs is 1. The smallest absolute Gasteiger partial charge is 0.131 e. The predicted octanol–water partition coefficient (Wildman–Crippen LogP) is 3.09. The van der Waals surface area contributed by atoms with E-state index in [0.717, 1.165) is 37.1 Å². The van der Waals surface area contributed by atoms with Gasteiger partial charge in [0.15, 0.2) is 0 Å². The van der Waals surface area contributed by atoms with E-state index in [9.17, 15) is 8.78 Å². The van der Waals surface area contributed by atoms with E-state index in [1.54, 1.807) is 6.33 Å². The Hall–Kier alpha value is -1.71. The normalized spacial score (nSPS) is 14.6. The third-order valence-electron chi connectivity index (χ3n) is 3.50. The molecule has 1 aromatic carbocycles. The Morgan fingerprint density at radius 1 is 1.11 bits per heavy atom. The third-order valence-corrected chi connectivity index (χ3v) is 3.50. The summed E-state index contributed by atoms with van der Waals surface area (Å²) >= 11 is 0. The molecule has 0 aliphatic heterocycles. The van der Waals surface area contributed by atoms with Gasteiger partial charge in [0.05, 0.1) is 18.6 Å². The number of hydrogen-bond donors (Lipinski definition) is 0. The van der Waals surface area contributed by atoms with Gasteiger partial charge in [0.1, 0.15) is 11.6 Å². The Morgan fingerprint density at radius 3 is 2.61 bits per heavy atom. The van der Waals surface area contributed by atoms with Gasteiger partial charge in [0, 0.05) is 11.3 Å². The van der Waals surface area contributed by atoms with Gasteiger partial charge in [-0.05, 0) is 37.8 Å². The number of aromatic nitrogens is 2. The molecule has 0 radical (unpaired) electrons. The Labute approximate surface area is 104 Å². The van der Waals surface area contributed by atoms with Crippen LogP contribution in [0.2, 0.25) is 0 Å². The molecule has 1 heterocycles. The molecule has 0 unspecified atom stereocenters. The fourth-order valence-electron chi connectivity index (χ4n) is 2.52. The molecular formula is C14H14F2N2. The standard InChI is InChI=1S/C14H14F2N2/c15-11-4-3-5-12(16)10(11)8-18-9-17-13-6-1-2-7-14(13)18/h3-5,9H,1-2,6-8H2. The lowest BCUT2D eigenvalue weighted by Crippen LogP contribution is -2.10. The summed E-state index contributed by atoms with van der Waals surface area (Å²) in [5.41, 5.74) is 2.32. The summed E-state index contributed by atoms with van der Waals surface area (Å²) < 4.78 is 29.1. The van der Waals surface area contributed by atoms with E-state index in [-0.39, 0.29) is 12.1 Å². The van der Waals surface area contributed by atoms with Crippen molar-refractivity contribution in [1.29, 1.82) is 0 Å². The summed E-state index contributed by atoms with van der Waals surface area (Å²) in [5.74, 6) is -0.985. The molecule has 0 atom stereocenters. The van der Waals surface area contributed by atoms with Gasteiger partial charge in [-0.2, -0.15) is 0 Å². The number of rotatable bonds is 2. The van der Waals surface area contributed by atoms with Crippen LogP contribution in [-0.2, 0) is 19.4 Å². The molecule has 0 saturated heterocycles. The van der Waals surface area contributed by atoms with Crippen LogP contribution in [0.4, 0.5) is 8.78 Å². The largest absolute Gasteiger partial charge is 0.330 e. The second kappa shape index (κ2) is 4.52. The second-order valence-corrected chi connectivity index (χ2v) is 4.67. The van der Waals surface area contributed by atoms with Gasteiger partial charge in [-0.3, -0.25) is 0 Å². The second-order valence-electron chi connectivity index (χ2n) is 4.67. The molecule has 2 nitrogen and oxygen atoms in total. The van der Waals surface area contributed by atoms with Crippen molar-refractivity contribution in [2.75, 3.05) is 0 Å². The molecule has 1 aliphatic carbocycles. The lowest BCUT2D eigenvalue weighted by atomic mass is 10.0. The van der Waals surface area contributed by atoms with E-state index in [2.05, 4.69) is 4.98 Å². The van der Waals surface area contributed by atoms with Gasteiger partial charge in [-0.15, -0.1) is 0 Å². The molecular weight excluding hydrogens is 234 g/mol. The molecule has 0 spiro atoms. The Bertz CT molecular complexity index is 555. The summed E-state index contributed by atoms with van der Waals surface area (Å²) in [6.07, 6.45) is 5.89. The molecule has 2 aromatic rings. The highest BCUT2D eigenvalue weighted by atomic mass is 19.1. The molecule has 0 N–H and O–H groups in total. The molecule has 3 rings (SSSR count). The van der Waals surface area contributed by atoms with Gasteiger partial charge in [0.2, 0.25) is 0 Å². The maximum absolute atomic E-state index is 13.6. The van der Waals surface area contributed by atoms with Gasteiger partial charge in [0.25, 0.3) is 0 Å². The van der Waals surface area contributed by atoms with Crippen molar-refractivity contribution in [3.8, 4) is 0 Å². The van der Waals surface area contributed by atoms with E-state index in [1.165, 1.54) is 18.2 Å². The first-order valence-electron chi connectivity index (χ1n) is 6.21. The number of imidazole rings is 1. The van der Waals surface area contributed by atoms with Crippen molar-refractivity contribution in [2.24, 2.45) is 0 Å². The van der Waals surface area contributed by atoms with Crippen LogP contribution in [0, 0.1) is 11.6 Å². The SMILES string of the molecule is Fc1cccc(F)c1Cn1cnc2c1CCCC2. The quantitative estimate of drug-likeness (QED) is 0.798. The minimum Gasteiger partial charge on any atom is -0.330 e. The molecule has 0 saturated carbocycles. The minimum absolute atomic E-state index is 0.114. The molecule has 94 valence electrons. The number of benzene rings is 1. The molecule has 1 aromatic heterocycles. The van der Waals surface area contributed by atoms with E-state index in [0.29, 0.717) is 0 Å². The maximum Gasteiger partial charge on any atom is 0.131 e. The molecule has 0 bridgehead atoms. The van der Waals surface area contributed by atoms with Crippen molar-refractivity contribution in [3.05, 3.63) is 53.1 Å². The maximum atomic E-state index is 13.6. The van der Waals surface area contributed by atoms with Gasteiger partial charge >= 0.3 is 0 Å². The van der Waals surface area contributed by atoms with E-state index >= 15 is 0 Å². The number of hydrogen-bond acceptors (Lipinski definition) is 1. The average molecular weight is 248 g/mol. The molecule has 0 fully saturated rings. The van der Waals surface area contributed by atoms with Crippen molar-refractivity contribution in [1.82, 2.24) is 9.55 Å². The summed E-state index contributed by atoms with van der Waals surface area (Å²) in [4.78, 5) is 4.33. The molecule has 1 aliphatic rings. The number of halogens is 2. The highest BCUT2D eigenvalue weighted by Gasteiger charge is 2.17. The lowest BCUT2D eigenvalue weighted by Gasteiger charge is -2.14.